The molecule has 1 aliphatic rings. The lowest BCUT2D eigenvalue weighted by Crippen LogP contribution is -2.39. The molecule has 1 aromatic carbocycles. The van der Waals surface area contributed by atoms with Crippen LogP contribution in [0.2, 0.25) is 0 Å². The number of anilines is 1. The van der Waals surface area contributed by atoms with Gasteiger partial charge in [0, 0.05) is 13.1 Å². The van der Waals surface area contributed by atoms with Gasteiger partial charge in [0.05, 0.1) is 11.3 Å². The summed E-state index contributed by atoms with van der Waals surface area (Å²) in [4.78, 5) is 13.8. The van der Waals surface area contributed by atoms with Gasteiger partial charge in [0.2, 0.25) is 0 Å². The minimum absolute atomic E-state index is 0.111. The maximum absolute atomic E-state index is 13.7. The van der Waals surface area contributed by atoms with Gasteiger partial charge in [-0.1, -0.05) is 11.2 Å². The zero-order chi connectivity index (χ0) is 14.5. The van der Waals surface area contributed by atoms with Crippen molar-refractivity contribution in [3.05, 3.63) is 29.6 Å². The number of rotatable bonds is 2. The first kappa shape index (κ1) is 14.1. The molecule has 0 saturated carbocycles. The molecule has 1 saturated heterocycles. The number of benzene rings is 1. The van der Waals surface area contributed by atoms with Gasteiger partial charge in [0.1, 0.15) is 5.82 Å². The predicted octanol–water partition coefficient (Wildman–Crippen LogP) is 1.94. The molecule has 0 aromatic heterocycles. The zero-order valence-corrected chi connectivity index (χ0v) is 11.0. The first-order valence-corrected chi connectivity index (χ1v) is 6.46. The molecule has 1 fully saturated rings. The number of carbonyl (C=O) groups excluding carboxylic acids is 1. The monoisotopic (exact) mass is 280 g/mol. The molecule has 0 bridgehead atoms. The molecular weight excluding hydrogens is 263 g/mol. The topological polar surface area (TPSA) is 91.0 Å². The van der Waals surface area contributed by atoms with Crippen molar-refractivity contribution in [2.75, 3.05) is 18.4 Å². The number of oxime groups is 1. The normalized spacial score (nSPS) is 16.1. The number of nitrogens with two attached hydrogens (primary N) is 1. The molecule has 7 heteroatoms. The van der Waals surface area contributed by atoms with Crippen molar-refractivity contribution in [3.63, 3.8) is 0 Å². The summed E-state index contributed by atoms with van der Waals surface area (Å²) in [6.07, 6.45) is 3.03. The summed E-state index contributed by atoms with van der Waals surface area (Å²) in [7, 11) is 0. The largest absolute Gasteiger partial charge is 0.409 e. The van der Waals surface area contributed by atoms with Crippen LogP contribution in [0, 0.1) is 5.82 Å². The molecule has 108 valence electrons. The number of halogens is 1. The molecule has 0 atom stereocenters. The van der Waals surface area contributed by atoms with Gasteiger partial charge in [-0.25, -0.2) is 9.18 Å². The molecule has 0 aliphatic carbocycles. The van der Waals surface area contributed by atoms with Crippen LogP contribution in [-0.4, -0.2) is 35.1 Å². The third-order valence-corrected chi connectivity index (χ3v) is 3.26. The summed E-state index contributed by atoms with van der Waals surface area (Å²) in [6.45, 7) is 1.36. The molecule has 0 spiro atoms. The fourth-order valence-electron chi connectivity index (χ4n) is 2.23. The van der Waals surface area contributed by atoms with E-state index in [1.54, 1.807) is 4.90 Å². The number of piperidine rings is 1. The van der Waals surface area contributed by atoms with Crippen LogP contribution in [0.5, 0.6) is 0 Å². The Balaban J connectivity index is 2.20. The average Bonchev–Trinajstić information content (AvgIpc) is 2.47. The zero-order valence-electron chi connectivity index (χ0n) is 11.0. The number of amidine groups is 1. The van der Waals surface area contributed by atoms with Crippen LogP contribution in [0.4, 0.5) is 14.9 Å². The Morgan fingerprint density at radius 3 is 2.70 bits per heavy atom. The number of nitrogens with one attached hydrogen (secondary N) is 1. The second kappa shape index (κ2) is 6.23. The minimum Gasteiger partial charge on any atom is -0.409 e. The third-order valence-electron chi connectivity index (χ3n) is 3.26. The van der Waals surface area contributed by atoms with Gasteiger partial charge in [-0.05, 0) is 31.4 Å². The molecule has 6 nitrogen and oxygen atoms in total. The summed E-state index contributed by atoms with van der Waals surface area (Å²) < 4.78 is 13.7. The SMILES string of the molecule is NC(=NO)c1c(F)cccc1NC(=O)N1CCCCC1. The van der Waals surface area contributed by atoms with E-state index < -0.39 is 5.82 Å². The standard InChI is InChI=1S/C13H17FN4O2/c14-9-5-4-6-10(11(9)12(15)17-20)16-13(19)18-7-2-1-3-8-18/h4-6,20H,1-3,7-8H2,(H2,15,17)(H,16,19). The van der Waals surface area contributed by atoms with E-state index in [9.17, 15) is 9.18 Å². The fraction of sp³-hybridized carbons (Fsp3) is 0.385. The van der Waals surface area contributed by atoms with Crippen LogP contribution in [0.25, 0.3) is 0 Å². The van der Waals surface area contributed by atoms with Gasteiger partial charge >= 0.3 is 6.03 Å². The Labute approximate surface area is 116 Å². The van der Waals surface area contributed by atoms with E-state index in [-0.39, 0.29) is 23.1 Å². The Morgan fingerprint density at radius 1 is 1.35 bits per heavy atom. The summed E-state index contributed by atoms with van der Waals surface area (Å²) in [6, 6.07) is 3.85. The first-order valence-electron chi connectivity index (χ1n) is 6.46. The number of urea groups is 1. The van der Waals surface area contributed by atoms with Crippen LogP contribution < -0.4 is 11.1 Å². The van der Waals surface area contributed by atoms with Crippen molar-refractivity contribution < 1.29 is 14.4 Å². The van der Waals surface area contributed by atoms with Crippen LogP contribution in [0.3, 0.4) is 0 Å². The minimum atomic E-state index is -0.656. The number of nitrogens with zero attached hydrogens (tertiary/aromatic N) is 2. The lowest BCUT2D eigenvalue weighted by atomic mass is 10.1. The van der Waals surface area contributed by atoms with E-state index in [1.165, 1.54) is 18.2 Å². The Morgan fingerprint density at radius 2 is 2.05 bits per heavy atom. The third kappa shape index (κ3) is 2.98. The van der Waals surface area contributed by atoms with Crippen molar-refractivity contribution in [1.82, 2.24) is 4.90 Å². The smallest absolute Gasteiger partial charge is 0.321 e. The summed E-state index contributed by atoms with van der Waals surface area (Å²) in [5, 5.41) is 14.1. The summed E-state index contributed by atoms with van der Waals surface area (Å²) in [5.41, 5.74) is 5.53. The summed E-state index contributed by atoms with van der Waals surface area (Å²) in [5.74, 6) is -1.03. The van der Waals surface area contributed by atoms with E-state index >= 15 is 0 Å². The highest BCUT2D eigenvalue weighted by Crippen LogP contribution is 2.20. The molecule has 1 aliphatic heterocycles. The Bertz CT molecular complexity index is 527. The van der Waals surface area contributed by atoms with Gasteiger partial charge in [-0.2, -0.15) is 0 Å². The average molecular weight is 280 g/mol. The van der Waals surface area contributed by atoms with Crippen molar-refractivity contribution in [2.24, 2.45) is 10.9 Å². The molecule has 2 rings (SSSR count). The highest BCUT2D eigenvalue weighted by Gasteiger charge is 2.19. The lowest BCUT2D eigenvalue weighted by Gasteiger charge is -2.27. The molecule has 1 aromatic rings. The molecular formula is C13H17FN4O2. The van der Waals surface area contributed by atoms with Crippen molar-refractivity contribution in [3.8, 4) is 0 Å². The van der Waals surface area contributed by atoms with Crippen LogP contribution in [0.1, 0.15) is 24.8 Å². The van der Waals surface area contributed by atoms with E-state index in [1.807, 2.05) is 0 Å². The van der Waals surface area contributed by atoms with E-state index in [2.05, 4.69) is 10.5 Å². The van der Waals surface area contributed by atoms with Crippen molar-refractivity contribution in [2.45, 2.75) is 19.3 Å². The van der Waals surface area contributed by atoms with E-state index in [0.29, 0.717) is 13.1 Å². The van der Waals surface area contributed by atoms with E-state index in [0.717, 1.165) is 19.3 Å². The van der Waals surface area contributed by atoms with Gasteiger partial charge in [0.25, 0.3) is 0 Å². The highest BCUT2D eigenvalue weighted by molar-refractivity contribution is 6.05. The lowest BCUT2D eigenvalue weighted by molar-refractivity contribution is 0.200. The van der Waals surface area contributed by atoms with Crippen LogP contribution in [-0.2, 0) is 0 Å². The maximum atomic E-state index is 13.7. The predicted molar refractivity (Wildman–Crippen MR) is 73.4 cm³/mol. The van der Waals surface area contributed by atoms with Crippen molar-refractivity contribution >= 4 is 17.6 Å². The van der Waals surface area contributed by atoms with Gasteiger partial charge in [0.15, 0.2) is 5.84 Å². The molecule has 2 amide bonds. The second-order valence-electron chi connectivity index (χ2n) is 4.63. The van der Waals surface area contributed by atoms with Gasteiger partial charge in [-0.15, -0.1) is 0 Å². The summed E-state index contributed by atoms with van der Waals surface area (Å²) >= 11 is 0. The maximum Gasteiger partial charge on any atom is 0.321 e. The Kier molecular flexibility index (Phi) is 4.39. The van der Waals surface area contributed by atoms with Crippen LogP contribution >= 0.6 is 0 Å². The molecule has 0 radical (unpaired) electrons. The molecule has 1 heterocycles. The molecule has 0 unspecified atom stereocenters. The number of hydrogen-bond donors (Lipinski definition) is 3. The first-order chi connectivity index (χ1) is 9.63. The Hall–Kier alpha value is -2.31. The second-order valence-corrected chi connectivity index (χ2v) is 4.63. The quantitative estimate of drug-likeness (QED) is 0.334. The molecule has 20 heavy (non-hydrogen) atoms. The molecule has 4 N–H and O–H groups in total. The van der Waals surface area contributed by atoms with Crippen molar-refractivity contribution in [1.29, 1.82) is 0 Å². The van der Waals surface area contributed by atoms with Gasteiger partial charge < -0.3 is 21.2 Å². The number of amides is 2. The number of likely N-dealkylation sites (tertiary alicyclic amines) is 1. The number of carbonyl (C=O) groups is 1. The number of hydrogen-bond acceptors (Lipinski definition) is 3. The highest BCUT2D eigenvalue weighted by atomic mass is 19.1. The van der Waals surface area contributed by atoms with Gasteiger partial charge in [-0.3, -0.25) is 0 Å². The van der Waals surface area contributed by atoms with Crippen LogP contribution in [0.15, 0.2) is 23.4 Å². The fourth-order valence-corrected chi connectivity index (χ4v) is 2.23. The van der Waals surface area contributed by atoms with E-state index in [4.69, 9.17) is 10.9 Å².